The molecule has 4 aromatic rings. The average molecular weight is 505 g/mol. The lowest BCUT2D eigenvalue weighted by molar-refractivity contribution is 0.116. The van der Waals surface area contributed by atoms with E-state index in [1.165, 1.54) is 5.56 Å². The molecule has 0 amide bonds. The molecule has 0 bridgehead atoms. The molecule has 8 heteroatoms. The summed E-state index contributed by atoms with van der Waals surface area (Å²) in [6.45, 7) is 0.724. The lowest BCUT2D eigenvalue weighted by Crippen LogP contribution is -2.36. The molecule has 5 rings (SSSR count). The number of pyridine rings is 1. The largest absolute Gasteiger partial charge is 0.391 e. The van der Waals surface area contributed by atoms with Gasteiger partial charge in [0.15, 0.2) is 10.8 Å². The van der Waals surface area contributed by atoms with Gasteiger partial charge in [0.2, 0.25) is 0 Å². The van der Waals surface area contributed by atoms with Gasteiger partial charge in [-0.15, -0.1) is 0 Å². The van der Waals surface area contributed by atoms with E-state index in [1.54, 1.807) is 11.3 Å². The van der Waals surface area contributed by atoms with Crippen molar-refractivity contribution in [1.82, 2.24) is 19.5 Å². The lowest BCUT2D eigenvalue weighted by atomic mass is 9.93. The summed E-state index contributed by atoms with van der Waals surface area (Å²) in [6, 6.07) is 8.52. The maximum Gasteiger partial charge on any atom is 0.184 e. The van der Waals surface area contributed by atoms with Gasteiger partial charge >= 0.3 is 0 Å². The summed E-state index contributed by atoms with van der Waals surface area (Å²) < 4.78 is 4.31. The summed E-state index contributed by atoms with van der Waals surface area (Å²) in [5.41, 5.74) is 4.01. The zero-order valence-electron chi connectivity index (χ0n) is 15.2. The molecule has 0 aliphatic heterocycles. The van der Waals surface area contributed by atoms with Gasteiger partial charge in [0.1, 0.15) is 5.52 Å². The molecule has 1 fully saturated rings. The summed E-state index contributed by atoms with van der Waals surface area (Å²) in [5.74, 6) is 0. The number of anilines is 1. The fourth-order valence-electron chi connectivity index (χ4n) is 3.80. The normalized spacial score (nSPS) is 20.1. The Balaban J connectivity index is 1.38. The molecule has 28 heavy (non-hydrogen) atoms. The van der Waals surface area contributed by atoms with E-state index in [4.69, 9.17) is 4.98 Å². The van der Waals surface area contributed by atoms with Crippen LogP contribution in [0.3, 0.4) is 0 Å². The van der Waals surface area contributed by atoms with E-state index >= 15 is 0 Å². The van der Waals surface area contributed by atoms with Crippen molar-refractivity contribution >= 4 is 60.4 Å². The molecule has 3 heterocycles. The first-order valence-electron chi connectivity index (χ1n) is 9.46. The molecule has 2 N–H and O–H groups in total. The van der Waals surface area contributed by atoms with Crippen molar-refractivity contribution in [3.63, 3.8) is 0 Å². The van der Waals surface area contributed by atoms with Crippen LogP contribution in [0.2, 0.25) is 0 Å². The first kappa shape index (κ1) is 18.3. The maximum atomic E-state index is 10.2. The number of aliphatic hydroxyl groups excluding tert-OH is 1. The number of halogens is 1. The molecule has 3 aromatic heterocycles. The van der Waals surface area contributed by atoms with Crippen LogP contribution in [-0.4, -0.2) is 36.8 Å². The number of imidazole rings is 1. The van der Waals surface area contributed by atoms with Crippen LogP contribution in [0, 0.1) is 3.57 Å². The third kappa shape index (κ3) is 3.60. The number of hydrogen-bond donors (Lipinski definition) is 2. The molecule has 1 aliphatic carbocycles. The van der Waals surface area contributed by atoms with Crippen LogP contribution in [0.5, 0.6) is 0 Å². The van der Waals surface area contributed by atoms with Crippen LogP contribution in [0.4, 0.5) is 5.13 Å². The van der Waals surface area contributed by atoms with Crippen LogP contribution >= 0.6 is 33.9 Å². The van der Waals surface area contributed by atoms with Gasteiger partial charge in [0, 0.05) is 9.77 Å². The van der Waals surface area contributed by atoms with Crippen LogP contribution in [0.15, 0.2) is 36.8 Å². The number of nitrogens with one attached hydrogen (secondary N) is 1. The summed E-state index contributed by atoms with van der Waals surface area (Å²) in [5, 5.41) is 14.5. The van der Waals surface area contributed by atoms with Crippen molar-refractivity contribution < 1.29 is 5.11 Å². The van der Waals surface area contributed by atoms with Gasteiger partial charge in [-0.05, 0) is 59.2 Å². The van der Waals surface area contributed by atoms with Gasteiger partial charge in [-0.1, -0.05) is 30.2 Å². The van der Waals surface area contributed by atoms with Crippen molar-refractivity contribution in [1.29, 1.82) is 0 Å². The number of aliphatic hydroxyl groups is 1. The summed E-state index contributed by atoms with van der Waals surface area (Å²) in [6.07, 6.45) is 7.59. The second kappa shape index (κ2) is 7.57. The SMILES string of the molecule is O[C@@H]1CCCC[C@H]1Nc1nc2ccc(Cn3cnc4cc(I)cnc43)cc2s1. The van der Waals surface area contributed by atoms with E-state index in [9.17, 15) is 5.11 Å². The molecule has 0 spiro atoms. The Kier molecular flexibility index (Phi) is 4.93. The van der Waals surface area contributed by atoms with Gasteiger partial charge in [-0.25, -0.2) is 15.0 Å². The van der Waals surface area contributed by atoms with Crippen LogP contribution < -0.4 is 5.32 Å². The molecular weight excluding hydrogens is 485 g/mol. The fourth-order valence-corrected chi connectivity index (χ4v) is 5.23. The van der Waals surface area contributed by atoms with E-state index < -0.39 is 0 Å². The van der Waals surface area contributed by atoms with Crippen LogP contribution in [-0.2, 0) is 6.54 Å². The highest BCUT2D eigenvalue weighted by molar-refractivity contribution is 14.1. The molecule has 1 saturated carbocycles. The number of nitrogens with zero attached hydrogens (tertiary/aromatic N) is 4. The Morgan fingerprint density at radius 3 is 2.96 bits per heavy atom. The number of thiazole rings is 1. The van der Waals surface area contributed by atoms with Crippen LogP contribution in [0.25, 0.3) is 21.4 Å². The number of fused-ring (bicyclic) bond motifs is 2. The zero-order valence-corrected chi connectivity index (χ0v) is 18.2. The van der Waals surface area contributed by atoms with Crippen molar-refractivity contribution in [2.75, 3.05) is 5.32 Å². The lowest BCUT2D eigenvalue weighted by Gasteiger charge is -2.27. The Labute approximate surface area is 180 Å². The molecule has 144 valence electrons. The summed E-state index contributed by atoms with van der Waals surface area (Å²) in [4.78, 5) is 13.7. The quantitative estimate of drug-likeness (QED) is 0.402. The number of hydrogen-bond acceptors (Lipinski definition) is 6. The van der Waals surface area contributed by atoms with E-state index in [2.05, 4.69) is 60.6 Å². The Hall–Kier alpha value is -1.78. The Morgan fingerprint density at radius 2 is 2.07 bits per heavy atom. The predicted octanol–water partition coefficient (Wildman–Crippen LogP) is 4.41. The monoisotopic (exact) mass is 505 g/mol. The predicted molar refractivity (Wildman–Crippen MR) is 121 cm³/mol. The minimum Gasteiger partial charge on any atom is -0.391 e. The highest BCUT2D eigenvalue weighted by Crippen LogP contribution is 2.30. The topological polar surface area (TPSA) is 75.9 Å². The van der Waals surface area contributed by atoms with Gasteiger partial charge in [-0.3, -0.25) is 0 Å². The maximum absolute atomic E-state index is 10.2. The Bertz CT molecular complexity index is 1140. The summed E-state index contributed by atoms with van der Waals surface area (Å²) >= 11 is 3.90. The molecule has 1 aliphatic rings. The third-order valence-electron chi connectivity index (χ3n) is 5.27. The van der Waals surface area contributed by atoms with Gasteiger partial charge in [0.05, 0.1) is 35.2 Å². The third-order valence-corrected chi connectivity index (χ3v) is 6.81. The second-order valence-corrected chi connectivity index (χ2v) is 9.57. The fraction of sp³-hybridized carbons (Fsp3) is 0.350. The number of benzene rings is 1. The van der Waals surface area contributed by atoms with Crippen molar-refractivity contribution in [2.45, 2.75) is 44.4 Å². The van der Waals surface area contributed by atoms with E-state index in [-0.39, 0.29) is 12.1 Å². The number of aromatic nitrogens is 4. The molecule has 1 aromatic carbocycles. The minimum absolute atomic E-state index is 0.111. The van der Waals surface area contributed by atoms with E-state index in [0.29, 0.717) is 0 Å². The van der Waals surface area contributed by atoms with Crippen molar-refractivity contribution in [3.05, 3.63) is 45.9 Å². The average Bonchev–Trinajstić information content (AvgIpc) is 3.26. The number of rotatable bonds is 4. The van der Waals surface area contributed by atoms with Gasteiger partial charge in [0.25, 0.3) is 0 Å². The minimum atomic E-state index is -0.276. The van der Waals surface area contributed by atoms with Crippen molar-refractivity contribution in [3.8, 4) is 0 Å². The highest BCUT2D eigenvalue weighted by Gasteiger charge is 2.23. The first-order valence-corrected chi connectivity index (χ1v) is 11.4. The Morgan fingerprint density at radius 1 is 1.18 bits per heavy atom. The highest BCUT2D eigenvalue weighted by atomic mass is 127. The zero-order chi connectivity index (χ0) is 19.1. The molecule has 6 nitrogen and oxygen atoms in total. The summed E-state index contributed by atoms with van der Waals surface area (Å²) in [7, 11) is 0. The smallest absolute Gasteiger partial charge is 0.184 e. The molecule has 2 atom stereocenters. The van der Waals surface area contributed by atoms with E-state index in [0.717, 1.165) is 62.3 Å². The standard InChI is InChI=1S/C20H20IN5OS/c21-13-8-16-19(22-9-13)26(11-23-16)10-12-5-6-15-18(7-12)28-20(25-15)24-14-3-1-2-4-17(14)27/h5-9,11,14,17,27H,1-4,10H2,(H,24,25)/t14-,17-/m1/s1. The molecule has 0 unspecified atom stereocenters. The van der Waals surface area contributed by atoms with Gasteiger partial charge in [-0.2, -0.15) is 0 Å². The molecule has 0 radical (unpaired) electrons. The molecular formula is C20H20IN5OS. The van der Waals surface area contributed by atoms with Gasteiger partial charge < -0.3 is 15.0 Å². The second-order valence-electron chi connectivity index (χ2n) is 7.29. The van der Waals surface area contributed by atoms with E-state index in [1.807, 2.05) is 18.6 Å². The van der Waals surface area contributed by atoms with Crippen molar-refractivity contribution in [2.24, 2.45) is 0 Å². The molecule has 0 saturated heterocycles. The van der Waals surface area contributed by atoms with Crippen LogP contribution in [0.1, 0.15) is 31.2 Å². The first-order chi connectivity index (χ1) is 13.7.